The van der Waals surface area contributed by atoms with E-state index in [0.717, 1.165) is 38.6 Å². The molecule has 0 spiro atoms. The second kappa shape index (κ2) is 9.23. The number of amides is 1. The van der Waals surface area contributed by atoms with Gasteiger partial charge in [0.2, 0.25) is 5.91 Å². The van der Waals surface area contributed by atoms with Gasteiger partial charge in [0.1, 0.15) is 5.75 Å². The maximum Gasteiger partial charge on any atom is 0.244 e. The van der Waals surface area contributed by atoms with Gasteiger partial charge in [0.25, 0.3) is 0 Å². The smallest absolute Gasteiger partial charge is 0.244 e. The van der Waals surface area contributed by atoms with Crippen LogP contribution in [0, 0.1) is 0 Å². The van der Waals surface area contributed by atoms with Crippen molar-refractivity contribution >= 4 is 33.8 Å². The summed E-state index contributed by atoms with van der Waals surface area (Å²) in [5.41, 5.74) is 4.93. The number of pyridine rings is 1. The van der Waals surface area contributed by atoms with Crippen molar-refractivity contribution < 1.29 is 19.7 Å². The summed E-state index contributed by atoms with van der Waals surface area (Å²) in [6, 6.07) is 21.8. The Kier molecular flexibility index (Phi) is 5.81. The highest BCUT2D eigenvalue weighted by atomic mass is 16.5. The molecule has 0 fully saturated rings. The number of H-pyrrole nitrogens is 1. The molecule has 3 aromatic carbocycles. The topological polar surface area (TPSA) is 107 Å². The Bertz CT molecular complexity index is 1570. The molecule has 0 aliphatic heterocycles. The van der Waals surface area contributed by atoms with Gasteiger partial charge in [-0.2, -0.15) is 0 Å². The maximum absolute atomic E-state index is 12.5. The zero-order valence-corrected chi connectivity index (χ0v) is 18.9. The van der Waals surface area contributed by atoms with Crippen molar-refractivity contribution in [3.8, 4) is 28.5 Å². The fourth-order valence-corrected chi connectivity index (χ4v) is 4.02. The fourth-order valence-electron chi connectivity index (χ4n) is 4.02. The van der Waals surface area contributed by atoms with E-state index in [1.54, 1.807) is 30.3 Å². The molecular weight excluding hydrogens is 442 g/mol. The number of phenolic OH excluding ortho intramolecular Hbond substituents is 2. The molecule has 0 aliphatic rings. The number of nitrogens with zero attached hydrogens (tertiary/aromatic N) is 1. The molecule has 0 saturated carbocycles. The Balaban J connectivity index is 1.43. The molecule has 0 atom stereocenters. The summed E-state index contributed by atoms with van der Waals surface area (Å²) >= 11 is 0. The van der Waals surface area contributed by atoms with Gasteiger partial charge in [0.15, 0.2) is 11.5 Å². The van der Waals surface area contributed by atoms with Crippen LogP contribution in [0.4, 0.5) is 0 Å². The molecule has 0 saturated heterocycles. The Morgan fingerprint density at radius 3 is 2.63 bits per heavy atom. The van der Waals surface area contributed by atoms with Gasteiger partial charge in [-0.3, -0.25) is 4.79 Å². The zero-order chi connectivity index (χ0) is 24.4. The Labute approximate surface area is 201 Å². The lowest BCUT2D eigenvalue weighted by Crippen LogP contribution is -2.21. The third kappa shape index (κ3) is 4.52. The van der Waals surface area contributed by atoms with Gasteiger partial charge in [0, 0.05) is 27.9 Å². The average Bonchev–Trinajstić information content (AvgIpc) is 3.25. The van der Waals surface area contributed by atoms with Gasteiger partial charge in [-0.05, 0) is 60.2 Å². The number of aromatic hydroxyl groups is 2. The number of aromatic amines is 1. The third-order valence-electron chi connectivity index (χ3n) is 5.76. The highest BCUT2D eigenvalue weighted by Gasteiger charge is 2.14. The van der Waals surface area contributed by atoms with Gasteiger partial charge in [-0.25, -0.2) is 4.98 Å². The van der Waals surface area contributed by atoms with Crippen LogP contribution in [0.2, 0.25) is 0 Å². The minimum absolute atomic E-state index is 0.0391. The summed E-state index contributed by atoms with van der Waals surface area (Å²) in [4.78, 5) is 20.8. The lowest BCUT2D eigenvalue weighted by Gasteiger charge is -2.08. The van der Waals surface area contributed by atoms with Crippen molar-refractivity contribution in [3.63, 3.8) is 0 Å². The van der Waals surface area contributed by atoms with Gasteiger partial charge in [0.05, 0.1) is 30.6 Å². The van der Waals surface area contributed by atoms with E-state index in [2.05, 4.69) is 10.3 Å². The minimum Gasteiger partial charge on any atom is -0.508 e. The number of rotatable bonds is 6. The molecule has 4 N–H and O–H groups in total. The Morgan fingerprint density at radius 2 is 1.83 bits per heavy atom. The number of methoxy groups -OCH3 is 1. The van der Waals surface area contributed by atoms with Gasteiger partial charge in [-0.1, -0.05) is 24.3 Å². The van der Waals surface area contributed by atoms with E-state index in [-0.39, 0.29) is 24.0 Å². The lowest BCUT2D eigenvalue weighted by molar-refractivity contribution is -0.116. The molecule has 174 valence electrons. The van der Waals surface area contributed by atoms with Crippen LogP contribution in [0.25, 0.3) is 39.1 Å². The summed E-state index contributed by atoms with van der Waals surface area (Å²) in [6.45, 7) is 0.239. The van der Waals surface area contributed by atoms with Crippen LogP contribution in [-0.2, 0) is 11.3 Å². The first kappa shape index (κ1) is 22.0. The summed E-state index contributed by atoms with van der Waals surface area (Å²) in [7, 11) is 1.47. The number of hydrogen-bond acceptors (Lipinski definition) is 5. The van der Waals surface area contributed by atoms with E-state index in [4.69, 9.17) is 9.72 Å². The van der Waals surface area contributed by atoms with Crippen molar-refractivity contribution in [2.45, 2.75) is 6.54 Å². The standard InChI is InChI=1S/C28H23N3O4/c1-35-25-14-17(6-12-24(25)33)7-13-26(34)29-16-19-15-22-21-4-2-3-5-23(21)31-28(22)27(30-19)18-8-10-20(32)11-9-18/h2-15,31-33H,16H2,1H3,(H,29,34)/b13-7+. The number of hydrogen-bond donors (Lipinski definition) is 4. The monoisotopic (exact) mass is 465 g/mol. The number of phenols is 2. The summed E-state index contributed by atoms with van der Waals surface area (Å²) in [5.74, 6) is 0.287. The number of carbonyl (C=O) groups is 1. The number of nitrogens with one attached hydrogen (secondary N) is 2. The number of para-hydroxylation sites is 1. The fraction of sp³-hybridized carbons (Fsp3) is 0.0714. The van der Waals surface area contributed by atoms with Crippen molar-refractivity contribution in [2.24, 2.45) is 0 Å². The quantitative estimate of drug-likeness (QED) is 0.260. The molecular formula is C28H23N3O4. The van der Waals surface area contributed by atoms with Crippen LogP contribution in [-0.4, -0.2) is 33.2 Å². The molecule has 5 aromatic rings. The van der Waals surface area contributed by atoms with Crippen LogP contribution in [0.5, 0.6) is 17.2 Å². The third-order valence-corrected chi connectivity index (χ3v) is 5.76. The number of ether oxygens (including phenoxy) is 1. The summed E-state index contributed by atoms with van der Waals surface area (Å²) in [6.07, 6.45) is 3.08. The molecule has 35 heavy (non-hydrogen) atoms. The van der Waals surface area contributed by atoms with E-state index in [1.807, 2.05) is 42.5 Å². The van der Waals surface area contributed by atoms with Crippen LogP contribution in [0.3, 0.4) is 0 Å². The molecule has 0 bridgehead atoms. The average molecular weight is 466 g/mol. The molecule has 5 rings (SSSR count). The Hall–Kier alpha value is -4.78. The number of carbonyl (C=O) groups excluding carboxylic acids is 1. The summed E-state index contributed by atoms with van der Waals surface area (Å²) < 4.78 is 5.10. The van der Waals surface area contributed by atoms with E-state index in [9.17, 15) is 15.0 Å². The van der Waals surface area contributed by atoms with Crippen molar-refractivity contribution in [1.29, 1.82) is 0 Å². The van der Waals surface area contributed by atoms with Crippen molar-refractivity contribution in [3.05, 3.63) is 90.1 Å². The molecule has 0 unspecified atom stereocenters. The SMILES string of the molecule is COc1cc(/C=C/C(=O)NCc2cc3c([nH]c4ccccc43)c(-c3ccc(O)cc3)n2)ccc1O. The van der Waals surface area contributed by atoms with E-state index in [0.29, 0.717) is 11.4 Å². The molecule has 7 nitrogen and oxygen atoms in total. The lowest BCUT2D eigenvalue weighted by atomic mass is 10.1. The number of benzene rings is 3. The predicted molar refractivity (Wildman–Crippen MR) is 136 cm³/mol. The van der Waals surface area contributed by atoms with Gasteiger partial charge in [-0.15, -0.1) is 0 Å². The van der Waals surface area contributed by atoms with Crippen LogP contribution in [0.1, 0.15) is 11.3 Å². The van der Waals surface area contributed by atoms with Crippen LogP contribution < -0.4 is 10.1 Å². The molecule has 2 aromatic heterocycles. The normalized spacial score (nSPS) is 11.3. The highest BCUT2D eigenvalue weighted by molar-refractivity contribution is 6.11. The second-order valence-electron chi connectivity index (χ2n) is 8.08. The largest absolute Gasteiger partial charge is 0.508 e. The number of aromatic nitrogens is 2. The molecule has 7 heteroatoms. The van der Waals surface area contributed by atoms with E-state index < -0.39 is 0 Å². The van der Waals surface area contributed by atoms with Crippen molar-refractivity contribution in [1.82, 2.24) is 15.3 Å². The van der Waals surface area contributed by atoms with Gasteiger partial charge < -0.3 is 25.3 Å². The predicted octanol–water partition coefficient (Wildman–Crippen LogP) is 5.13. The second-order valence-corrected chi connectivity index (χ2v) is 8.08. The highest BCUT2D eigenvalue weighted by Crippen LogP contribution is 2.33. The van der Waals surface area contributed by atoms with Crippen LogP contribution in [0.15, 0.2) is 78.9 Å². The molecule has 2 heterocycles. The zero-order valence-electron chi connectivity index (χ0n) is 18.9. The molecule has 0 radical (unpaired) electrons. The first-order valence-electron chi connectivity index (χ1n) is 11.0. The minimum atomic E-state index is -0.274. The molecule has 0 aliphatic carbocycles. The van der Waals surface area contributed by atoms with Crippen molar-refractivity contribution in [2.75, 3.05) is 7.11 Å². The first-order chi connectivity index (χ1) is 17.0. The number of fused-ring (bicyclic) bond motifs is 3. The van der Waals surface area contributed by atoms with Gasteiger partial charge >= 0.3 is 0 Å². The van der Waals surface area contributed by atoms with E-state index >= 15 is 0 Å². The Morgan fingerprint density at radius 1 is 1.03 bits per heavy atom. The summed E-state index contributed by atoms with van der Waals surface area (Å²) in [5, 5.41) is 24.4. The molecule has 1 amide bonds. The van der Waals surface area contributed by atoms with E-state index in [1.165, 1.54) is 19.3 Å². The first-order valence-corrected chi connectivity index (χ1v) is 11.0. The maximum atomic E-state index is 12.5. The van der Waals surface area contributed by atoms with Crippen LogP contribution >= 0.6 is 0 Å².